The Kier molecular flexibility index (Phi) is 9.71. The van der Waals surface area contributed by atoms with Gasteiger partial charge in [0.15, 0.2) is 0 Å². The van der Waals surface area contributed by atoms with Crippen molar-refractivity contribution in [3.05, 3.63) is 12.7 Å². The molecule has 0 unspecified atom stereocenters. The second-order valence-corrected chi connectivity index (χ2v) is 3.42. The van der Waals surface area contributed by atoms with Crippen molar-refractivity contribution in [2.45, 2.75) is 51.9 Å². The number of allylic oxidation sites excluding steroid dienone is 1. The van der Waals surface area contributed by atoms with Gasteiger partial charge >= 0.3 is 5.97 Å². The van der Waals surface area contributed by atoms with Gasteiger partial charge in [-0.05, 0) is 19.3 Å². The Balaban J connectivity index is 2.98. The Labute approximate surface area is 87.3 Å². The summed E-state index contributed by atoms with van der Waals surface area (Å²) in [6.07, 6.45) is 9.45. The minimum atomic E-state index is -0.0864. The zero-order valence-corrected chi connectivity index (χ0v) is 9.26. The van der Waals surface area contributed by atoms with E-state index in [0.29, 0.717) is 13.0 Å². The van der Waals surface area contributed by atoms with Gasteiger partial charge in [0.25, 0.3) is 0 Å². The molecule has 0 amide bonds. The summed E-state index contributed by atoms with van der Waals surface area (Å²) >= 11 is 0. The molecule has 2 heteroatoms. The van der Waals surface area contributed by atoms with Crippen molar-refractivity contribution in [3.8, 4) is 0 Å². The normalized spacial score (nSPS) is 9.79. The summed E-state index contributed by atoms with van der Waals surface area (Å²) in [7, 11) is 0. The second-order valence-electron chi connectivity index (χ2n) is 3.42. The Morgan fingerprint density at radius 3 is 2.50 bits per heavy atom. The van der Waals surface area contributed by atoms with Crippen molar-refractivity contribution in [2.75, 3.05) is 6.61 Å². The van der Waals surface area contributed by atoms with Crippen molar-refractivity contribution < 1.29 is 9.53 Å². The third-order valence-corrected chi connectivity index (χ3v) is 2.10. The molecule has 0 spiro atoms. The lowest BCUT2D eigenvalue weighted by atomic mass is 10.1. The monoisotopic (exact) mass is 198 g/mol. The molecule has 0 aromatic heterocycles. The molecule has 0 atom stereocenters. The molecule has 0 saturated heterocycles. The Morgan fingerprint density at radius 2 is 1.86 bits per heavy atom. The highest BCUT2D eigenvalue weighted by Gasteiger charge is 1.96. The lowest BCUT2D eigenvalue weighted by Gasteiger charge is -2.02. The summed E-state index contributed by atoms with van der Waals surface area (Å²) in [6, 6.07) is 0. The van der Waals surface area contributed by atoms with Crippen molar-refractivity contribution >= 4 is 5.97 Å². The van der Waals surface area contributed by atoms with Gasteiger partial charge in [-0.15, -0.1) is 6.58 Å². The largest absolute Gasteiger partial charge is 0.466 e. The summed E-state index contributed by atoms with van der Waals surface area (Å²) in [4.78, 5) is 10.8. The molecule has 0 rings (SSSR count). The molecule has 2 nitrogen and oxygen atoms in total. The van der Waals surface area contributed by atoms with Crippen molar-refractivity contribution in [1.82, 2.24) is 0 Å². The predicted octanol–water partition coefficient (Wildman–Crippen LogP) is 3.47. The van der Waals surface area contributed by atoms with Gasteiger partial charge in [-0.1, -0.05) is 32.3 Å². The second kappa shape index (κ2) is 10.3. The number of esters is 1. The van der Waals surface area contributed by atoms with E-state index in [2.05, 4.69) is 6.58 Å². The van der Waals surface area contributed by atoms with Crippen LogP contribution in [0.2, 0.25) is 0 Å². The summed E-state index contributed by atoms with van der Waals surface area (Å²) in [6.45, 7) is 6.09. The fourth-order valence-electron chi connectivity index (χ4n) is 1.21. The molecule has 0 aromatic rings. The molecular weight excluding hydrogens is 176 g/mol. The van der Waals surface area contributed by atoms with Crippen molar-refractivity contribution in [3.63, 3.8) is 0 Å². The number of carbonyl (C=O) groups excluding carboxylic acids is 1. The van der Waals surface area contributed by atoms with Crippen molar-refractivity contribution in [1.29, 1.82) is 0 Å². The van der Waals surface area contributed by atoms with E-state index < -0.39 is 0 Å². The number of hydrogen-bond acceptors (Lipinski definition) is 2. The van der Waals surface area contributed by atoms with Crippen LogP contribution in [-0.4, -0.2) is 12.6 Å². The first-order chi connectivity index (χ1) is 6.81. The van der Waals surface area contributed by atoms with Crippen LogP contribution in [0.4, 0.5) is 0 Å². The molecule has 0 N–H and O–H groups in total. The Morgan fingerprint density at radius 1 is 1.21 bits per heavy atom. The first-order valence-corrected chi connectivity index (χ1v) is 5.57. The van der Waals surface area contributed by atoms with Crippen LogP contribution in [0, 0.1) is 0 Å². The van der Waals surface area contributed by atoms with Crippen molar-refractivity contribution in [2.24, 2.45) is 0 Å². The van der Waals surface area contributed by atoms with Gasteiger partial charge < -0.3 is 4.74 Å². The van der Waals surface area contributed by atoms with Gasteiger partial charge in [-0.2, -0.15) is 0 Å². The van der Waals surface area contributed by atoms with E-state index in [1.54, 1.807) is 0 Å². The zero-order valence-electron chi connectivity index (χ0n) is 9.26. The third kappa shape index (κ3) is 9.30. The average Bonchev–Trinajstić information content (AvgIpc) is 2.21. The van der Waals surface area contributed by atoms with Crippen LogP contribution in [-0.2, 0) is 9.53 Å². The van der Waals surface area contributed by atoms with Gasteiger partial charge in [0.2, 0.25) is 0 Å². The summed E-state index contributed by atoms with van der Waals surface area (Å²) in [5.41, 5.74) is 0. The van der Waals surface area contributed by atoms with E-state index in [9.17, 15) is 4.79 Å². The standard InChI is InChI=1S/C12H22O2/c1-3-5-6-7-8-9-10-11-14-12(13)4-2/h3H,1,4-11H2,2H3. The highest BCUT2D eigenvalue weighted by Crippen LogP contribution is 2.05. The van der Waals surface area contributed by atoms with E-state index in [1.165, 1.54) is 19.3 Å². The smallest absolute Gasteiger partial charge is 0.305 e. The highest BCUT2D eigenvalue weighted by atomic mass is 16.5. The molecule has 0 aliphatic rings. The Hall–Kier alpha value is -0.790. The van der Waals surface area contributed by atoms with Crippen LogP contribution in [0.5, 0.6) is 0 Å². The summed E-state index contributed by atoms with van der Waals surface area (Å²) in [5, 5.41) is 0. The van der Waals surface area contributed by atoms with E-state index in [1.807, 2.05) is 13.0 Å². The van der Waals surface area contributed by atoms with Crippen LogP contribution < -0.4 is 0 Å². The quantitative estimate of drug-likeness (QED) is 0.322. The van der Waals surface area contributed by atoms with Crippen LogP contribution in [0.15, 0.2) is 12.7 Å². The first kappa shape index (κ1) is 13.2. The average molecular weight is 198 g/mol. The molecule has 0 saturated carbocycles. The molecule has 82 valence electrons. The molecule has 0 heterocycles. The molecule has 14 heavy (non-hydrogen) atoms. The summed E-state index contributed by atoms with van der Waals surface area (Å²) < 4.78 is 4.96. The minimum Gasteiger partial charge on any atom is -0.466 e. The van der Waals surface area contributed by atoms with Gasteiger partial charge in [-0.3, -0.25) is 4.79 Å². The van der Waals surface area contributed by atoms with Gasteiger partial charge in [-0.25, -0.2) is 0 Å². The van der Waals surface area contributed by atoms with Crippen LogP contribution >= 0.6 is 0 Å². The van der Waals surface area contributed by atoms with E-state index in [0.717, 1.165) is 19.3 Å². The number of unbranched alkanes of at least 4 members (excludes halogenated alkanes) is 5. The van der Waals surface area contributed by atoms with Gasteiger partial charge in [0.1, 0.15) is 0 Å². The lowest BCUT2D eigenvalue weighted by molar-refractivity contribution is -0.143. The molecule has 0 bridgehead atoms. The number of carbonyl (C=O) groups is 1. The van der Waals surface area contributed by atoms with Gasteiger partial charge in [0.05, 0.1) is 6.61 Å². The fourth-order valence-corrected chi connectivity index (χ4v) is 1.21. The molecule has 0 aliphatic heterocycles. The zero-order chi connectivity index (χ0) is 10.6. The maximum absolute atomic E-state index is 10.8. The topological polar surface area (TPSA) is 26.3 Å². The number of hydrogen-bond donors (Lipinski definition) is 0. The molecule has 0 aromatic carbocycles. The van der Waals surface area contributed by atoms with E-state index in [4.69, 9.17) is 4.74 Å². The number of ether oxygens (including phenoxy) is 1. The van der Waals surface area contributed by atoms with E-state index in [-0.39, 0.29) is 5.97 Å². The first-order valence-electron chi connectivity index (χ1n) is 5.57. The third-order valence-electron chi connectivity index (χ3n) is 2.10. The highest BCUT2D eigenvalue weighted by molar-refractivity contribution is 5.68. The SMILES string of the molecule is C=CCCCCCCCOC(=O)CC. The van der Waals surface area contributed by atoms with Crippen LogP contribution in [0.3, 0.4) is 0 Å². The maximum Gasteiger partial charge on any atom is 0.305 e. The Bertz CT molecular complexity index is 152. The van der Waals surface area contributed by atoms with E-state index >= 15 is 0 Å². The molecular formula is C12H22O2. The molecule has 0 radical (unpaired) electrons. The summed E-state index contributed by atoms with van der Waals surface area (Å²) in [5.74, 6) is -0.0864. The fraction of sp³-hybridized carbons (Fsp3) is 0.750. The number of rotatable bonds is 9. The lowest BCUT2D eigenvalue weighted by Crippen LogP contribution is -2.03. The maximum atomic E-state index is 10.8. The molecule has 0 fully saturated rings. The minimum absolute atomic E-state index is 0.0864. The molecule has 0 aliphatic carbocycles. The van der Waals surface area contributed by atoms with Crippen LogP contribution in [0.25, 0.3) is 0 Å². The van der Waals surface area contributed by atoms with Gasteiger partial charge in [0, 0.05) is 6.42 Å². The predicted molar refractivity (Wildman–Crippen MR) is 59.1 cm³/mol. The van der Waals surface area contributed by atoms with Crippen LogP contribution in [0.1, 0.15) is 51.9 Å².